The molecule has 0 aromatic carbocycles. The fourth-order valence-corrected chi connectivity index (χ4v) is 2.32. The molecule has 0 saturated carbocycles. The Morgan fingerprint density at radius 1 is 1.17 bits per heavy atom. The normalized spacial score (nSPS) is 18.8. The Labute approximate surface area is 136 Å². The van der Waals surface area contributed by atoms with Crippen molar-refractivity contribution in [2.24, 2.45) is 0 Å². The number of aromatic nitrogens is 1. The number of rotatable bonds is 4. The number of aromatic amines is 1. The molecule has 0 unspecified atom stereocenters. The van der Waals surface area contributed by atoms with E-state index in [0.29, 0.717) is 17.7 Å². The number of hydrogen-bond donors (Lipinski definition) is 3. The van der Waals surface area contributed by atoms with Crippen LogP contribution in [-0.2, 0) is 9.31 Å². The van der Waals surface area contributed by atoms with E-state index in [1.165, 1.54) is 7.05 Å². The van der Waals surface area contributed by atoms with Crippen LogP contribution in [0.2, 0.25) is 0 Å². The van der Waals surface area contributed by atoms with Gasteiger partial charge in [0.05, 0.1) is 11.2 Å². The molecule has 1 aromatic heterocycles. The summed E-state index contributed by atoms with van der Waals surface area (Å²) >= 11 is 0. The SMILES string of the molecule is CCNC(=O)c1cc(B2OC(C)(C)C(C)(C)O2)c(C(=O)NC)[nH]1. The molecule has 0 bridgehead atoms. The first-order chi connectivity index (χ1) is 10.6. The number of amides is 2. The van der Waals surface area contributed by atoms with Crippen molar-refractivity contribution in [2.75, 3.05) is 13.6 Å². The van der Waals surface area contributed by atoms with Gasteiger partial charge < -0.3 is 24.9 Å². The van der Waals surface area contributed by atoms with Crippen molar-refractivity contribution in [1.29, 1.82) is 0 Å². The van der Waals surface area contributed by atoms with Gasteiger partial charge >= 0.3 is 7.12 Å². The molecule has 126 valence electrons. The number of nitrogens with one attached hydrogen (secondary N) is 3. The Kier molecular flexibility index (Phi) is 4.59. The van der Waals surface area contributed by atoms with Crippen LogP contribution in [0.5, 0.6) is 0 Å². The first kappa shape index (κ1) is 17.6. The highest BCUT2D eigenvalue weighted by atomic mass is 16.7. The molecule has 2 rings (SSSR count). The fourth-order valence-electron chi connectivity index (χ4n) is 2.32. The molecule has 1 aliphatic heterocycles. The van der Waals surface area contributed by atoms with E-state index in [1.54, 1.807) is 6.07 Å². The smallest absolute Gasteiger partial charge is 0.399 e. The summed E-state index contributed by atoms with van der Waals surface area (Å²) in [5.41, 5.74) is 0.0354. The highest BCUT2D eigenvalue weighted by molar-refractivity contribution is 6.63. The van der Waals surface area contributed by atoms with Gasteiger partial charge in [0.1, 0.15) is 11.4 Å². The zero-order chi connectivity index (χ0) is 17.4. The summed E-state index contributed by atoms with van der Waals surface area (Å²) in [5.74, 6) is -0.606. The predicted molar refractivity (Wildman–Crippen MR) is 87.9 cm³/mol. The molecule has 0 radical (unpaired) electrons. The van der Waals surface area contributed by atoms with E-state index in [9.17, 15) is 9.59 Å². The molecule has 1 saturated heterocycles. The lowest BCUT2D eigenvalue weighted by molar-refractivity contribution is 0.00578. The maximum Gasteiger partial charge on any atom is 0.497 e. The van der Waals surface area contributed by atoms with Gasteiger partial charge in [0.25, 0.3) is 11.8 Å². The topological polar surface area (TPSA) is 92.4 Å². The molecule has 8 heteroatoms. The zero-order valence-corrected chi connectivity index (χ0v) is 14.5. The van der Waals surface area contributed by atoms with Crippen LogP contribution in [-0.4, -0.2) is 48.7 Å². The molecule has 2 heterocycles. The second-order valence-electron chi connectivity index (χ2n) is 6.54. The molecular weight excluding hydrogens is 297 g/mol. The van der Waals surface area contributed by atoms with Crippen LogP contribution in [0.1, 0.15) is 55.6 Å². The van der Waals surface area contributed by atoms with Gasteiger partial charge in [0.2, 0.25) is 0 Å². The quantitative estimate of drug-likeness (QED) is 0.701. The predicted octanol–water partition coefficient (Wildman–Crippen LogP) is 0.423. The lowest BCUT2D eigenvalue weighted by Crippen LogP contribution is -2.41. The minimum atomic E-state index is -0.716. The van der Waals surface area contributed by atoms with Crippen LogP contribution in [0.4, 0.5) is 0 Å². The van der Waals surface area contributed by atoms with E-state index in [2.05, 4.69) is 15.6 Å². The minimum absolute atomic E-state index is 0.271. The molecule has 0 aliphatic carbocycles. The number of carbonyl (C=O) groups excluding carboxylic acids is 2. The molecule has 0 atom stereocenters. The molecular formula is C15H24BN3O4. The minimum Gasteiger partial charge on any atom is -0.399 e. The third kappa shape index (κ3) is 3.14. The van der Waals surface area contributed by atoms with Crippen molar-refractivity contribution in [3.8, 4) is 0 Å². The van der Waals surface area contributed by atoms with Crippen molar-refractivity contribution in [3.63, 3.8) is 0 Å². The molecule has 1 aromatic rings. The summed E-state index contributed by atoms with van der Waals surface area (Å²) in [4.78, 5) is 27.0. The van der Waals surface area contributed by atoms with E-state index in [-0.39, 0.29) is 17.5 Å². The second-order valence-corrected chi connectivity index (χ2v) is 6.54. The summed E-state index contributed by atoms with van der Waals surface area (Å²) in [7, 11) is 0.815. The Bertz CT molecular complexity index is 608. The lowest BCUT2D eigenvalue weighted by Gasteiger charge is -2.32. The third-order valence-electron chi connectivity index (χ3n) is 4.39. The van der Waals surface area contributed by atoms with Crippen molar-refractivity contribution in [2.45, 2.75) is 45.8 Å². The molecule has 1 fully saturated rings. The van der Waals surface area contributed by atoms with Crippen LogP contribution in [0.15, 0.2) is 6.07 Å². The maximum atomic E-state index is 12.1. The van der Waals surface area contributed by atoms with Crippen molar-refractivity contribution in [1.82, 2.24) is 15.6 Å². The van der Waals surface area contributed by atoms with Gasteiger partial charge in [-0.05, 0) is 40.7 Å². The van der Waals surface area contributed by atoms with Gasteiger partial charge in [-0.1, -0.05) is 0 Å². The summed E-state index contributed by atoms with van der Waals surface area (Å²) in [5, 5.41) is 5.26. The second kappa shape index (κ2) is 6.01. The van der Waals surface area contributed by atoms with Crippen molar-refractivity contribution >= 4 is 24.4 Å². The van der Waals surface area contributed by atoms with Crippen LogP contribution < -0.4 is 16.1 Å². The summed E-state index contributed by atoms with van der Waals surface area (Å²) in [6.45, 7) is 10.1. The van der Waals surface area contributed by atoms with Crippen LogP contribution >= 0.6 is 0 Å². The third-order valence-corrected chi connectivity index (χ3v) is 4.39. The Hall–Kier alpha value is -1.80. The first-order valence-corrected chi connectivity index (χ1v) is 7.71. The molecule has 0 spiro atoms. The largest absolute Gasteiger partial charge is 0.497 e. The average Bonchev–Trinajstić information content (AvgIpc) is 2.98. The van der Waals surface area contributed by atoms with E-state index < -0.39 is 18.3 Å². The van der Waals surface area contributed by atoms with E-state index >= 15 is 0 Å². The molecule has 23 heavy (non-hydrogen) atoms. The number of hydrogen-bond acceptors (Lipinski definition) is 4. The molecule has 3 N–H and O–H groups in total. The van der Waals surface area contributed by atoms with E-state index in [4.69, 9.17) is 9.31 Å². The van der Waals surface area contributed by atoms with Gasteiger partial charge in [0.15, 0.2) is 0 Å². The Balaban J connectivity index is 2.41. The van der Waals surface area contributed by atoms with Crippen molar-refractivity contribution in [3.05, 3.63) is 17.5 Å². The zero-order valence-electron chi connectivity index (χ0n) is 14.5. The highest BCUT2D eigenvalue weighted by Gasteiger charge is 2.53. The lowest BCUT2D eigenvalue weighted by atomic mass is 9.78. The van der Waals surface area contributed by atoms with Gasteiger partial charge in [-0.2, -0.15) is 0 Å². The standard InChI is InChI=1S/C15H24BN3O4/c1-7-18-12(20)10-8-9(11(19-10)13(21)17-6)16-22-14(2,3)15(4,5)23-16/h8,19H,7H2,1-6H3,(H,17,21)(H,18,20). The van der Waals surface area contributed by atoms with Gasteiger partial charge in [0, 0.05) is 19.1 Å². The maximum absolute atomic E-state index is 12.1. The van der Waals surface area contributed by atoms with Crippen LogP contribution in [0, 0.1) is 0 Å². The van der Waals surface area contributed by atoms with Gasteiger partial charge in [-0.25, -0.2) is 0 Å². The van der Waals surface area contributed by atoms with Crippen LogP contribution in [0.25, 0.3) is 0 Å². The van der Waals surface area contributed by atoms with Gasteiger partial charge in [-0.15, -0.1) is 0 Å². The first-order valence-electron chi connectivity index (χ1n) is 7.71. The van der Waals surface area contributed by atoms with Crippen LogP contribution in [0.3, 0.4) is 0 Å². The van der Waals surface area contributed by atoms with E-state index in [1.807, 2.05) is 34.6 Å². The fraction of sp³-hybridized carbons (Fsp3) is 0.600. The highest BCUT2D eigenvalue weighted by Crippen LogP contribution is 2.36. The van der Waals surface area contributed by atoms with E-state index in [0.717, 1.165) is 0 Å². The summed E-state index contributed by atoms with van der Waals surface area (Å²) in [6, 6.07) is 1.61. The Morgan fingerprint density at radius 3 is 2.22 bits per heavy atom. The Morgan fingerprint density at radius 2 is 1.74 bits per heavy atom. The number of H-pyrrole nitrogens is 1. The average molecular weight is 321 g/mol. The summed E-state index contributed by atoms with van der Waals surface area (Å²) in [6.07, 6.45) is 0. The number of carbonyl (C=O) groups is 2. The monoisotopic (exact) mass is 321 g/mol. The molecule has 2 amide bonds. The van der Waals surface area contributed by atoms with Crippen molar-refractivity contribution < 1.29 is 18.9 Å². The van der Waals surface area contributed by atoms with Gasteiger partial charge in [-0.3, -0.25) is 9.59 Å². The summed E-state index contributed by atoms with van der Waals surface area (Å²) < 4.78 is 12.0. The molecule has 7 nitrogen and oxygen atoms in total. The molecule has 1 aliphatic rings.